The monoisotopic (exact) mass is 278 g/mol. The van der Waals surface area contributed by atoms with Gasteiger partial charge in [0.2, 0.25) is 0 Å². The molecule has 0 aliphatic carbocycles. The Morgan fingerprint density at radius 3 is 1.89 bits per heavy atom. The summed E-state index contributed by atoms with van der Waals surface area (Å²) in [6, 6.07) is 0. The molecule has 0 N–H and O–H groups in total. The van der Waals surface area contributed by atoms with Gasteiger partial charge in [0.05, 0.1) is 26.9 Å². The Morgan fingerprint density at radius 2 is 1.61 bits per heavy atom. The van der Waals surface area contributed by atoms with E-state index in [4.69, 9.17) is 0 Å². The number of Topliss-reactive ketones (excluding diaryl/α,β-unsaturated/α-hetero) is 1. The van der Waals surface area contributed by atoms with Gasteiger partial charge >= 0.3 is 0 Å². The van der Waals surface area contributed by atoms with Crippen LogP contribution in [0.5, 0.6) is 0 Å². The molecule has 0 saturated heterocycles. The van der Waals surface area contributed by atoms with Crippen LogP contribution in [-0.2, 0) is 14.6 Å². The Kier molecular flexibility index (Phi) is 5.56. The number of carbonyl (C=O) groups is 1. The van der Waals surface area contributed by atoms with Crippen LogP contribution in [0.3, 0.4) is 0 Å². The van der Waals surface area contributed by atoms with Crippen molar-refractivity contribution in [2.24, 2.45) is 11.3 Å². The zero-order valence-corrected chi connectivity index (χ0v) is 13.6. The van der Waals surface area contributed by atoms with Gasteiger partial charge < -0.3 is 4.48 Å². The van der Waals surface area contributed by atoms with Gasteiger partial charge in [-0.15, -0.1) is 0 Å². The summed E-state index contributed by atoms with van der Waals surface area (Å²) in [6.07, 6.45) is 1.81. The number of likely N-dealkylation sites (N-methyl/N-ethyl adjacent to an activating group) is 1. The highest BCUT2D eigenvalue weighted by molar-refractivity contribution is 7.90. The summed E-state index contributed by atoms with van der Waals surface area (Å²) < 4.78 is 23.4. The van der Waals surface area contributed by atoms with Gasteiger partial charge in [0.25, 0.3) is 0 Å². The van der Waals surface area contributed by atoms with E-state index in [1.54, 1.807) is 0 Å². The van der Waals surface area contributed by atoms with Gasteiger partial charge in [-0.05, 0) is 11.8 Å². The van der Waals surface area contributed by atoms with Crippen LogP contribution in [0.1, 0.15) is 27.2 Å². The first kappa shape index (κ1) is 17.6. The maximum absolute atomic E-state index is 12.2. The van der Waals surface area contributed by atoms with Crippen molar-refractivity contribution in [2.75, 3.05) is 39.7 Å². The largest absolute Gasteiger partial charge is 0.325 e. The van der Waals surface area contributed by atoms with E-state index in [2.05, 4.69) is 0 Å². The lowest BCUT2D eigenvalue weighted by Crippen LogP contribution is -2.43. The minimum Gasteiger partial charge on any atom is -0.325 e. The summed E-state index contributed by atoms with van der Waals surface area (Å²) in [5.41, 5.74) is -0.0457. The summed E-state index contributed by atoms with van der Waals surface area (Å²) in [6.45, 7) is 6.46. The molecule has 18 heavy (non-hydrogen) atoms. The molecular weight excluding hydrogens is 250 g/mol. The second-order valence-electron chi connectivity index (χ2n) is 7.47. The van der Waals surface area contributed by atoms with E-state index in [-0.39, 0.29) is 17.0 Å². The van der Waals surface area contributed by atoms with E-state index >= 15 is 0 Å². The standard InChI is InChI=1S/C13H28NO3S/c1-13(2,3)8-11(10-18(7,16)17)12(15)9-14(4,5)6/h11H,8-10H2,1-7H3/q+1. The van der Waals surface area contributed by atoms with Crippen molar-refractivity contribution in [3.05, 3.63) is 0 Å². The van der Waals surface area contributed by atoms with Crippen LogP contribution >= 0.6 is 0 Å². The average Bonchev–Trinajstić information content (AvgIpc) is 1.93. The lowest BCUT2D eigenvalue weighted by atomic mass is 9.83. The van der Waals surface area contributed by atoms with Crippen LogP contribution in [0, 0.1) is 11.3 Å². The minimum atomic E-state index is -3.12. The van der Waals surface area contributed by atoms with E-state index in [1.807, 2.05) is 41.9 Å². The Labute approximate surface area is 112 Å². The lowest BCUT2D eigenvalue weighted by molar-refractivity contribution is -0.862. The van der Waals surface area contributed by atoms with Crippen molar-refractivity contribution < 1.29 is 17.7 Å². The van der Waals surface area contributed by atoms with Crippen LogP contribution in [0.15, 0.2) is 0 Å². The number of ketones is 1. The summed E-state index contributed by atoms with van der Waals surface area (Å²) in [5.74, 6) is -0.386. The molecule has 0 aromatic carbocycles. The van der Waals surface area contributed by atoms with Crippen LogP contribution in [0.4, 0.5) is 0 Å². The van der Waals surface area contributed by atoms with E-state index in [1.165, 1.54) is 6.26 Å². The van der Waals surface area contributed by atoms with Gasteiger partial charge in [-0.2, -0.15) is 0 Å². The molecule has 108 valence electrons. The maximum Gasteiger partial charge on any atom is 0.190 e. The SMILES string of the molecule is CC(C)(C)CC(CS(C)(=O)=O)C(=O)C[N+](C)(C)C. The van der Waals surface area contributed by atoms with Gasteiger partial charge in [-0.25, -0.2) is 8.42 Å². The third-order valence-electron chi connectivity index (χ3n) is 2.45. The fourth-order valence-corrected chi connectivity index (χ4v) is 3.00. The number of sulfone groups is 1. The van der Waals surface area contributed by atoms with Crippen molar-refractivity contribution >= 4 is 15.6 Å². The Hall–Kier alpha value is -0.420. The van der Waals surface area contributed by atoms with Gasteiger partial charge in [0, 0.05) is 12.2 Å². The van der Waals surface area contributed by atoms with E-state index in [0.717, 1.165) is 0 Å². The maximum atomic E-state index is 12.2. The van der Waals surface area contributed by atoms with Crippen LogP contribution in [0.25, 0.3) is 0 Å². The molecule has 0 aliphatic heterocycles. The van der Waals surface area contributed by atoms with E-state index < -0.39 is 15.8 Å². The molecule has 0 radical (unpaired) electrons. The van der Waals surface area contributed by atoms with Gasteiger partial charge in [-0.1, -0.05) is 20.8 Å². The number of quaternary nitrogens is 1. The molecule has 0 aromatic rings. The Morgan fingerprint density at radius 1 is 1.17 bits per heavy atom. The molecule has 4 nitrogen and oxygen atoms in total. The zero-order valence-electron chi connectivity index (χ0n) is 12.8. The smallest absolute Gasteiger partial charge is 0.190 e. The van der Waals surface area contributed by atoms with Crippen molar-refractivity contribution in [2.45, 2.75) is 27.2 Å². The van der Waals surface area contributed by atoms with Crippen molar-refractivity contribution in [3.8, 4) is 0 Å². The highest BCUT2D eigenvalue weighted by Crippen LogP contribution is 2.26. The van der Waals surface area contributed by atoms with Gasteiger partial charge in [0.15, 0.2) is 5.78 Å². The normalized spacial score (nSPS) is 15.5. The summed E-state index contributed by atoms with van der Waals surface area (Å²) in [5, 5.41) is 0. The second-order valence-corrected chi connectivity index (χ2v) is 9.65. The molecular formula is C13H28NO3S+. The number of carbonyl (C=O) groups excluding carboxylic acids is 1. The molecule has 1 atom stereocenters. The Bertz CT molecular complexity index is 385. The fraction of sp³-hybridized carbons (Fsp3) is 0.923. The number of hydrogen-bond donors (Lipinski definition) is 0. The predicted molar refractivity (Wildman–Crippen MR) is 75.2 cm³/mol. The molecule has 0 fully saturated rings. The molecule has 0 bridgehead atoms. The summed E-state index contributed by atoms with van der Waals surface area (Å²) >= 11 is 0. The Balaban J connectivity index is 4.93. The predicted octanol–water partition coefficient (Wildman–Crippen LogP) is 1.36. The molecule has 0 amide bonds. The van der Waals surface area contributed by atoms with Gasteiger partial charge in [-0.3, -0.25) is 4.79 Å². The third kappa shape index (κ3) is 9.59. The quantitative estimate of drug-likeness (QED) is 0.689. The molecule has 5 heteroatoms. The van der Waals surface area contributed by atoms with Crippen LogP contribution in [-0.4, -0.2) is 58.4 Å². The first-order chi connectivity index (χ1) is 7.70. The van der Waals surface area contributed by atoms with Crippen LogP contribution in [0.2, 0.25) is 0 Å². The first-order valence-corrected chi connectivity index (χ1v) is 8.27. The number of nitrogens with zero attached hydrogens (tertiary/aromatic N) is 1. The highest BCUT2D eigenvalue weighted by atomic mass is 32.2. The highest BCUT2D eigenvalue weighted by Gasteiger charge is 2.30. The topological polar surface area (TPSA) is 51.2 Å². The molecule has 0 rings (SSSR count). The molecule has 0 aromatic heterocycles. The molecule has 1 unspecified atom stereocenters. The van der Waals surface area contributed by atoms with E-state index in [0.29, 0.717) is 17.4 Å². The molecule has 0 spiro atoms. The minimum absolute atomic E-state index is 0.0386. The fourth-order valence-electron chi connectivity index (χ4n) is 1.97. The number of rotatable bonds is 6. The summed E-state index contributed by atoms with van der Waals surface area (Å²) in [4.78, 5) is 12.2. The van der Waals surface area contributed by atoms with Gasteiger partial charge in [0.1, 0.15) is 16.4 Å². The second kappa shape index (κ2) is 5.70. The van der Waals surface area contributed by atoms with Crippen molar-refractivity contribution in [3.63, 3.8) is 0 Å². The van der Waals surface area contributed by atoms with Crippen LogP contribution < -0.4 is 0 Å². The summed E-state index contributed by atoms with van der Waals surface area (Å²) in [7, 11) is 2.69. The molecule has 0 saturated carbocycles. The van der Waals surface area contributed by atoms with Crippen molar-refractivity contribution in [1.29, 1.82) is 0 Å². The van der Waals surface area contributed by atoms with Crippen molar-refractivity contribution in [1.82, 2.24) is 0 Å². The lowest BCUT2D eigenvalue weighted by Gasteiger charge is -2.28. The number of hydrogen-bond acceptors (Lipinski definition) is 3. The molecule has 0 heterocycles. The van der Waals surface area contributed by atoms with E-state index in [9.17, 15) is 13.2 Å². The average molecular weight is 278 g/mol. The zero-order chi connectivity index (χ0) is 14.8. The third-order valence-corrected chi connectivity index (χ3v) is 3.46. The molecule has 0 aliphatic rings. The first-order valence-electron chi connectivity index (χ1n) is 6.20.